The summed E-state index contributed by atoms with van der Waals surface area (Å²) in [7, 11) is 0. The number of aromatic carboxylic acids is 2. The van der Waals surface area contributed by atoms with Crippen molar-refractivity contribution in [3.63, 3.8) is 0 Å². The standard InChI is InChI=1S/C16H17N3O4.C9H8O4/c20-15(11-23-16(21)14-5-6-17-18-14)12-1-3-13(4-2-12)19-7-9-22-10-8-19;1-5-2-3-6(8(10)11)4-7(5)9(12)13/h1-6H,7-11H2,(H,17,18);2-4H,1H3,(H,10,11)(H,12,13). The molecule has 4 rings (SSSR count). The molecule has 1 aliphatic heterocycles. The number of hydrogen-bond acceptors (Lipinski definition) is 8. The van der Waals surface area contributed by atoms with Crippen LogP contribution in [0, 0.1) is 6.92 Å². The van der Waals surface area contributed by atoms with Crippen molar-refractivity contribution in [3.05, 3.63) is 82.7 Å². The number of morpholine rings is 1. The highest BCUT2D eigenvalue weighted by Gasteiger charge is 2.15. The van der Waals surface area contributed by atoms with Crippen molar-refractivity contribution in [3.8, 4) is 0 Å². The molecule has 36 heavy (non-hydrogen) atoms. The summed E-state index contributed by atoms with van der Waals surface area (Å²) in [5.41, 5.74) is 2.36. The van der Waals surface area contributed by atoms with Crippen molar-refractivity contribution in [1.29, 1.82) is 0 Å². The smallest absolute Gasteiger partial charge is 0.356 e. The zero-order valence-electron chi connectivity index (χ0n) is 19.5. The lowest BCUT2D eigenvalue weighted by Gasteiger charge is -2.28. The van der Waals surface area contributed by atoms with Crippen LogP contribution < -0.4 is 4.90 Å². The number of carbonyl (C=O) groups excluding carboxylic acids is 2. The lowest BCUT2D eigenvalue weighted by molar-refractivity contribution is 0.0468. The Hall–Kier alpha value is -4.51. The van der Waals surface area contributed by atoms with Crippen LogP contribution in [0.25, 0.3) is 0 Å². The number of aryl methyl sites for hydroxylation is 1. The molecule has 0 radical (unpaired) electrons. The number of nitrogens with one attached hydrogen (secondary N) is 1. The Morgan fingerprint density at radius 2 is 1.64 bits per heavy atom. The number of aromatic nitrogens is 2. The molecule has 0 amide bonds. The molecule has 1 fully saturated rings. The number of carbonyl (C=O) groups is 4. The van der Waals surface area contributed by atoms with Gasteiger partial charge in [-0.2, -0.15) is 5.10 Å². The summed E-state index contributed by atoms with van der Waals surface area (Å²) in [6, 6.07) is 12.8. The fourth-order valence-corrected chi connectivity index (χ4v) is 3.33. The predicted octanol–water partition coefficient (Wildman–Crippen LogP) is 2.68. The lowest BCUT2D eigenvalue weighted by atomic mass is 10.1. The van der Waals surface area contributed by atoms with Gasteiger partial charge in [-0.1, -0.05) is 6.07 Å². The molecule has 2 heterocycles. The third-order valence-corrected chi connectivity index (χ3v) is 5.34. The number of esters is 1. The number of Topliss-reactive ketones (excluding diaryl/α,β-unsaturated/α-hetero) is 1. The second-order valence-corrected chi connectivity index (χ2v) is 7.76. The van der Waals surface area contributed by atoms with Crippen molar-refractivity contribution < 1.29 is 38.9 Å². The van der Waals surface area contributed by atoms with Crippen LogP contribution in [-0.4, -0.2) is 77.0 Å². The van der Waals surface area contributed by atoms with Gasteiger partial charge in [-0.05, 0) is 55.0 Å². The molecule has 3 N–H and O–H groups in total. The van der Waals surface area contributed by atoms with E-state index < -0.39 is 17.9 Å². The zero-order chi connectivity index (χ0) is 26.1. The van der Waals surface area contributed by atoms with Gasteiger partial charge >= 0.3 is 17.9 Å². The van der Waals surface area contributed by atoms with Crippen LogP contribution in [0.3, 0.4) is 0 Å². The van der Waals surface area contributed by atoms with Crippen LogP contribution in [0.4, 0.5) is 5.69 Å². The van der Waals surface area contributed by atoms with Crippen molar-refractivity contribution in [1.82, 2.24) is 10.2 Å². The SMILES string of the molecule is Cc1ccc(C(=O)O)cc1C(=O)O.O=C(COC(=O)c1ccn[nH]1)c1ccc(N2CCOCC2)cc1. The monoisotopic (exact) mass is 495 g/mol. The normalized spacial score (nSPS) is 12.8. The van der Waals surface area contributed by atoms with E-state index in [1.54, 1.807) is 19.1 Å². The summed E-state index contributed by atoms with van der Waals surface area (Å²) < 4.78 is 10.3. The number of anilines is 1. The summed E-state index contributed by atoms with van der Waals surface area (Å²) in [5, 5.41) is 23.4. The van der Waals surface area contributed by atoms with E-state index in [1.807, 2.05) is 12.1 Å². The van der Waals surface area contributed by atoms with Gasteiger partial charge < -0.3 is 24.6 Å². The van der Waals surface area contributed by atoms with E-state index in [-0.39, 0.29) is 29.2 Å². The Morgan fingerprint density at radius 3 is 2.22 bits per heavy atom. The molecule has 0 bridgehead atoms. The number of ketones is 1. The third kappa shape index (κ3) is 7.00. The highest BCUT2D eigenvalue weighted by molar-refractivity contribution is 5.99. The molecule has 1 saturated heterocycles. The highest BCUT2D eigenvalue weighted by atomic mass is 16.5. The second-order valence-electron chi connectivity index (χ2n) is 7.76. The van der Waals surface area contributed by atoms with Crippen LogP contribution >= 0.6 is 0 Å². The molecule has 3 aromatic rings. The first-order valence-corrected chi connectivity index (χ1v) is 11.0. The van der Waals surface area contributed by atoms with Gasteiger partial charge in [0.15, 0.2) is 12.4 Å². The minimum absolute atomic E-state index is 0.0111. The summed E-state index contributed by atoms with van der Waals surface area (Å²) in [6.45, 7) is 4.43. The van der Waals surface area contributed by atoms with Crippen LogP contribution in [0.15, 0.2) is 54.7 Å². The highest BCUT2D eigenvalue weighted by Crippen LogP contribution is 2.17. The van der Waals surface area contributed by atoms with Crippen molar-refractivity contribution in [2.75, 3.05) is 37.8 Å². The van der Waals surface area contributed by atoms with E-state index >= 15 is 0 Å². The minimum atomic E-state index is -1.12. The summed E-state index contributed by atoms with van der Waals surface area (Å²) in [6.07, 6.45) is 1.45. The largest absolute Gasteiger partial charge is 0.478 e. The summed E-state index contributed by atoms with van der Waals surface area (Å²) in [4.78, 5) is 47.0. The van der Waals surface area contributed by atoms with E-state index in [4.69, 9.17) is 19.7 Å². The van der Waals surface area contributed by atoms with Gasteiger partial charge in [0, 0.05) is 30.5 Å². The van der Waals surface area contributed by atoms with E-state index in [9.17, 15) is 19.2 Å². The number of rotatable bonds is 7. The maximum absolute atomic E-state index is 12.1. The van der Waals surface area contributed by atoms with Gasteiger partial charge in [-0.25, -0.2) is 14.4 Å². The van der Waals surface area contributed by atoms with E-state index in [0.29, 0.717) is 24.3 Å². The average molecular weight is 495 g/mol. The molecule has 0 aliphatic carbocycles. The molecule has 0 spiro atoms. The first-order chi connectivity index (χ1) is 17.3. The Kier molecular flexibility index (Phi) is 8.89. The number of hydrogen-bond donors (Lipinski definition) is 3. The number of ether oxygens (including phenoxy) is 2. The summed E-state index contributed by atoms with van der Waals surface area (Å²) >= 11 is 0. The zero-order valence-corrected chi connectivity index (χ0v) is 19.5. The number of carboxylic acid groups (broad SMARTS) is 2. The van der Waals surface area contributed by atoms with Crippen LogP contribution in [-0.2, 0) is 9.47 Å². The Labute approximate surface area is 206 Å². The molecule has 0 saturated carbocycles. The lowest BCUT2D eigenvalue weighted by Crippen LogP contribution is -2.36. The number of nitrogens with zero attached hydrogens (tertiary/aromatic N) is 2. The second kappa shape index (κ2) is 12.3. The first kappa shape index (κ1) is 26.1. The molecular weight excluding hydrogens is 470 g/mol. The van der Waals surface area contributed by atoms with Crippen LogP contribution in [0.5, 0.6) is 0 Å². The van der Waals surface area contributed by atoms with Gasteiger partial charge in [0.25, 0.3) is 0 Å². The van der Waals surface area contributed by atoms with Crippen molar-refractivity contribution in [2.24, 2.45) is 0 Å². The number of H-pyrrole nitrogens is 1. The van der Waals surface area contributed by atoms with Crippen LogP contribution in [0.2, 0.25) is 0 Å². The van der Waals surface area contributed by atoms with Gasteiger partial charge in [-0.15, -0.1) is 0 Å². The Bertz CT molecular complexity index is 1220. The maximum atomic E-state index is 12.1. The van der Waals surface area contributed by atoms with Gasteiger partial charge in [-0.3, -0.25) is 9.89 Å². The molecule has 0 unspecified atom stereocenters. The van der Waals surface area contributed by atoms with Gasteiger partial charge in [0.2, 0.25) is 0 Å². The number of aromatic amines is 1. The van der Waals surface area contributed by atoms with Gasteiger partial charge in [0.1, 0.15) is 5.69 Å². The topological polar surface area (TPSA) is 159 Å². The minimum Gasteiger partial charge on any atom is -0.478 e. The molecular formula is C25H25N3O8. The van der Waals surface area contributed by atoms with E-state index in [0.717, 1.165) is 24.8 Å². The predicted molar refractivity (Wildman–Crippen MR) is 128 cm³/mol. The van der Waals surface area contributed by atoms with Gasteiger partial charge in [0.05, 0.1) is 24.3 Å². The first-order valence-electron chi connectivity index (χ1n) is 11.0. The maximum Gasteiger partial charge on any atom is 0.356 e. The van der Waals surface area contributed by atoms with E-state index in [1.165, 1.54) is 24.4 Å². The fourth-order valence-electron chi connectivity index (χ4n) is 3.33. The molecule has 11 heteroatoms. The molecule has 188 valence electrons. The molecule has 1 aliphatic rings. The third-order valence-electron chi connectivity index (χ3n) is 5.34. The Balaban J connectivity index is 0.000000236. The average Bonchev–Trinajstić information content (AvgIpc) is 3.43. The number of carboxylic acids is 2. The molecule has 1 aromatic heterocycles. The fraction of sp³-hybridized carbons (Fsp3) is 0.240. The quantitative estimate of drug-likeness (QED) is 0.328. The molecule has 11 nitrogen and oxygen atoms in total. The summed E-state index contributed by atoms with van der Waals surface area (Å²) in [5.74, 6) is -3.07. The van der Waals surface area contributed by atoms with Crippen molar-refractivity contribution in [2.45, 2.75) is 6.92 Å². The molecule has 0 atom stereocenters. The Morgan fingerprint density at radius 1 is 0.972 bits per heavy atom. The van der Waals surface area contributed by atoms with Crippen molar-refractivity contribution >= 4 is 29.4 Å². The van der Waals surface area contributed by atoms with Crippen LogP contribution in [0.1, 0.15) is 47.1 Å². The number of benzene rings is 2. The molecule has 2 aromatic carbocycles. The van der Waals surface area contributed by atoms with E-state index in [2.05, 4.69) is 15.1 Å².